The number of carbonyl (C=O) groups is 2. The standard InChI is InChI=1S/C22H20N2O3/c23-16-17-4-6-18(7-5-17)19-8-10-20(11-9-19)27-15-3-1-2-14-24-21(25)12-13-22(24)26/h4-13H,1-3,14-15H2. The summed E-state index contributed by atoms with van der Waals surface area (Å²) in [5.41, 5.74) is 2.77. The molecule has 0 radical (unpaired) electrons. The topological polar surface area (TPSA) is 70.4 Å². The number of hydrogen-bond donors (Lipinski definition) is 0. The van der Waals surface area contributed by atoms with Crippen LogP contribution in [0.2, 0.25) is 0 Å². The number of nitrogens with zero attached hydrogens (tertiary/aromatic N) is 2. The van der Waals surface area contributed by atoms with Gasteiger partial charge in [0.05, 0.1) is 18.2 Å². The van der Waals surface area contributed by atoms with E-state index in [4.69, 9.17) is 10.00 Å². The fraction of sp³-hybridized carbons (Fsp3) is 0.227. The summed E-state index contributed by atoms with van der Waals surface area (Å²) in [4.78, 5) is 24.1. The molecule has 0 saturated heterocycles. The zero-order valence-corrected chi connectivity index (χ0v) is 14.9. The van der Waals surface area contributed by atoms with Gasteiger partial charge < -0.3 is 4.74 Å². The van der Waals surface area contributed by atoms with Crippen molar-refractivity contribution in [2.45, 2.75) is 19.3 Å². The van der Waals surface area contributed by atoms with Crippen LogP contribution in [-0.4, -0.2) is 29.9 Å². The van der Waals surface area contributed by atoms with E-state index in [0.717, 1.165) is 36.1 Å². The summed E-state index contributed by atoms with van der Waals surface area (Å²) in [6, 6.07) is 17.4. The van der Waals surface area contributed by atoms with Crippen LogP contribution in [0.3, 0.4) is 0 Å². The fourth-order valence-corrected chi connectivity index (χ4v) is 2.87. The number of hydrogen-bond acceptors (Lipinski definition) is 4. The molecule has 1 aliphatic heterocycles. The summed E-state index contributed by atoms with van der Waals surface area (Å²) in [6.45, 7) is 1.06. The first-order valence-corrected chi connectivity index (χ1v) is 8.94. The summed E-state index contributed by atoms with van der Waals surface area (Å²) in [6.07, 6.45) is 5.15. The lowest BCUT2D eigenvalue weighted by Crippen LogP contribution is -2.30. The van der Waals surface area contributed by atoms with Gasteiger partial charge in [-0.3, -0.25) is 14.5 Å². The molecule has 1 aliphatic rings. The molecule has 2 amide bonds. The van der Waals surface area contributed by atoms with E-state index in [1.807, 2.05) is 36.4 Å². The minimum Gasteiger partial charge on any atom is -0.494 e. The molecule has 5 heteroatoms. The number of rotatable bonds is 8. The second kappa shape index (κ2) is 8.81. The quantitative estimate of drug-likeness (QED) is 0.532. The Morgan fingerprint density at radius 1 is 0.815 bits per heavy atom. The Hall–Kier alpha value is -3.39. The lowest BCUT2D eigenvalue weighted by Gasteiger charge is -2.13. The van der Waals surface area contributed by atoms with Crippen molar-refractivity contribution in [2.24, 2.45) is 0 Å². The summed E-state index contributed by atoms with van der Waals surface area (Å²) in [5, 5.41) is 8.85. The highest BCUT2D eigenvalue weighted by Crippen LogP contribution is 2.23. The molecule has 0 N–H and O–H groups in total. The van der Waals surface area contributed by atoms with Gasteiger partial charge in [-0.05, 0) is 54.7 Å². The van der Waals surface area contributed by atoms with Gasteiger partial charge in [0, 0.05) is 18.7 Å². The maximum Gasteiger partial charge on any atom is 0.253 e. The number of nitriles is 1. The molecule has 0 atom stereocenters. The normalized spacial score (nSPS) is 13.1. The number of ether oxygens (including phenoxy) is 1. The monoisotopic (exact) mass is 360 g/mol. The fourth-order valence-electron chi connectivity index (χ4n) is 2.87. The SMILES string of the molecule is N#Cc1ccc(-c2ccc(OCCCCCN3C(=O)C=CC3=O)cc2)cc1. The van der Waals surface area contributed by atoms with Gasteiger partial charge in [0.25, 0.3) is 11.8 Å². The van der Waals surface area contributed by atoms with E-state index in [1.54, 1.807) is 12.1 Å². The summed E-state index contributed by atoms with van der Waals surface area (Å²) < 4.78 is 5.74. The Morgan fingerprint density at radius 2 is 1.41 bits per heavy atom. The van der Waals surface area contributed by atoms with Crippen molar-refractivity contribution in [3.05, 3.63) is 66.2 Å². The number of benzene rings is 2. The second-order valence-corrected chi connectivity index (χ2v) is 6.28. The molecule has 0 spiro atoms. The van der Waals surface area contributed by atoms with Crippen LogP contribution in [0, 0.1) is 11.3 Å². The lowest BCUT2D eigenvalue weighted by molar-refractivity contribution is -0.136. The van der Waals surface area contributed by atoms with E-state index in [0.29, 0.717) is 18.7 Å². The summed E-state index contributed by atoms with van der Waals surface area (Å²) in [7, 11) is 0. The zero-order chi connectivity index (χ0) is 19.1. The van der Waals surface area contributed by atoms with Gasteiger partial charge in [0.2, 0.25) is 0 Å². The van der Waals surface area contributed by atoms with Crippen LogP contribution < -0.4 is 4.74 Å². The Balaban J connectivity index is 1.38. The molecule has 27 heavy (non-hydrogen) atoms. The molecular weight excluding hydrogens is 340 g/mol. The molecule has 3 rings (SSSR count). The van der Waals surface area contributed by atoms with E-state index >= 15 is 0 Å². The van der Waals surface area contributed by atoms with E-state index in [9.17, 15) is 9.59 Å². The van der Waals surface area contributed by atoms with Crippen molar-refractivity contribution >= 4 is 11.8 Å². The minimum absolute atomic E-state index is 0.224. The molecule has 2 aromatic rings. The maximum atomic E-state index is 11.4. The largest absolute Gasteiger partial charge is 0.494 e. The molecule has 0 fully saturated rings. The molecule has 136 valence electrons. The average Bonchev–Trinajstić information content (AvgIpc) is 3.03. The van der Waals surface area contributed by atoms with E-state index in [1.165, 1.54) is 17.1 Å². The number of amides is 2. The summed E-state index contributed by atoms with van der Waals surface area (Å²) in [5.74, 6) is 0.360. The third-order valence-corrected chi connectivity index (χ3v) is 4.40. The van der Waals surface area contributed by atoms with E-state index in [2.05, 4.69) is 6.07 Å². The third-order valence-electron chi connectivity index (χ3n) is 4.40. The Kier molecular flexibility index (Phi) is 6.01. The van der Waals surface area contributed by atoms with Gasteiger partial charge in [-0.15, -0.1) is 0 Å². The van der Waals surface area contributed by atoms with Gasteiger partial charge in [0.1, 0.15) is 5.75 Å². The lowest BCUT2D eigenvalue weighted by atomic mass is 10.0. The predicted octanol–water partition coefficient (Wildman–Crippen LogP) is 3.70. The smallest absolute Gasteiger partial charge is 0.253 e. The first-order chi connectivity index (χ1) is 13.2. The number of imide groups is 1. The van der Waals surface area contributed by atoms with Gasteiger partial charge in [0.15, 0.2) is 0 Å². The van der Waals surface area contributed by atoms with Gasteiger partial charge in [-0.2, -0.15) is 5.26 Å². The number of carbonyl (C=O) groups excluding carboxylic acids is 2. The molecule has 1 heterocycles. The van der Waals surface area contributed by atoms with Crippen molar-refractivity contribution in [1.29, 1.82) is 5.26 Å². The molecule has 0 saturated carbocycles. The molecule has 5 nitrogen and oxygen atoms in total. The minimum atomic E-state index is -0.224. The molecule has 0 aromatic heterocycles. The highest BCUT2D eigenvalue weighted by molar-refractivity contribution is 6.12. The third kappa shape index (κ3) is 4.83. The van der Waals surface area contributed by atoms with Gasteiger partial charge >= 0.3 is 0 Å². The Labute approximate surface area is 158 Å². The van der Waals surface area contributed by atoms with Crippen LogP contribution in [0.4, 0.5) is 0 Å². The van der Waals surface area contributed by atoms with Gasteiger partial charge in [-0.1, -0.05) is 24.3 Å². The molecule has 0 bridgehead atoms. The average molecular weight is 360 g/mol. The first-order valence-electron chi connectivity index (χ1n) is 8.94. The van der Waals surface area contributed by atoms with Crippen LogP contribution in [0.5, 0.6) is 5.75 Å². The Bertz CT molecular complexity index is 859. The molecule has 0 aliphatic carbocycles. The zero-order valence-electron chi connectivity index (χ0n) is 14.9. The van der Waals surface area contributed by atoms with Crippen molar-refractivity contribution in [2.75, 3.05) is 13.2 Å². The number of unbranched alkanes of at least 4 members (excludes halogenated alkanes) is 2. The highest BCUT2D eigenvalue weighted by atomic mass is 16.5. The second-order valence-electron chi connectivity index (χ2n) is 6.28. The summed E-state index contributed by atoms with van der Waals surface area (Å²) >= 11 is 0. The van der Waals surface area contributed by atoms with Gasteiger partial charge in [-0.25, -0.2) is 0 Å². The van der Waals surface area contributed by atoms with Crippen LogP contribution in [0.25, 0.3) is 11.1 Å². The van der Waals surface area contributed by atoms with Crippen LogP contribution >= 0.6 is 0 Å². The van der Waals surface area contributed by atoms with E-state index in [-0.39, 0.29) is 11.8 Å². The predicted molar refractivity (Wildman–Crippen MR) is 102 cm³/mol. The van der Waals surface area contributed by atoms with Crippen molar-refractivity contribution in [3.8, 4) is 22.9 Å². The van der Waals surface area contributed by atoms with E-state index < -0.39 is 0 Å². The highest BCUT2D eigenvalue weighted by Gasteiger charge is 2.22. The molecule has 0 unspecified atom stereocenters. The van der Waals surface area contributed by atoms with Crippen molar-refractivity contribution in [1.82, 2.24) is 4.90 Å². The van der Waals surface area contributed by atoms with Crippen LogP contribution in [-0.2, 0) is 9.59 Å². The first kappa shape index (κ1) is 18.4. The van der Waals surface area contributed by atoms with Crippen molar-refractivity contribution in [3.63, 3.8) is 0 Å². The molecule has 2 aromatic carbocycles. The maximum absolute atomic E-state index is 11.4. The van der Waals surface area contributed by atoms with Crippen LogP contribution in [0.1, 0.15) is 24.8 Å². The Morgan fingerprint density at radius 3 is 2.00 bits per heavy atom. The van der Waals surface area contributed by atoms with Crippen molar-refractivity contribution < 1.29 is 14.3 Å². The molecular formula is C22H20N2O3. The van der Waals surface area contributed by atoms with Crippen LogP contribution in [0.15, 0.2) is 60.7 Å².